The number of nitrogens with one attached hydrogen (secondary N) is 2. The zero-order valence-electron chi connectivity index (χ0n) is 12.9. The van der Waals surface area contributed by atoms with Gasteiger partial charge in [0.1, 0.15) is 18.2 Å². The molecular weight excluding hydrogens is 294 g/mol. The molecule has 0 fully saturated rings. The lowest BCUT2D eigenvalue weighted by Crippen LogP contribution is -2.28. The van der Waals surface area contributed by atoms with Crippen LogP contribution in [0.3, 0.4) is 0 Å². The third kappa shape index (κ3) is 5.82. The highest BCUT2D eigenvalue weighted by atomic mass is 32.2. The molecule has 2 N–H and O–H groups in total. The van der Waals surface area contributed by atoms with Crippen molar-refractivity contribution in [3.63, 3.8) is 0 Å². The first-order valence-electron chi connectivity index (χ1n) is 6.66. The Balaban J connectivity index is 2.69. The van der Waals surface area contributed by atoms with E-state index in [0.29, 0.717) is 30.7 Å². The summed E-state index contributed by atoms with van der Waals surface area (Å²) in [7, 11) is 1.56. The normalized spacial score (nSPS) is 11.7. The number of hydrogen-bond donors (Lipinski definition) is 2. The van der Waals surface area contributed by atoms with Crippen LogP contribution >= 0.6 is 0 Å². The second-order valence-corrected chi connectivity index (χ2v) is 6.77. The third-order valence-electron chi connectivity index (χ3n) is 2.69. The van der Waals surface area contributed by atoms with Crippen LogP contribution < -0.4 is 10.6 Å². The molecule has 21 heavy (non-hydrogen) atoms. The second-order valence-electron chi connectivity index (χ2n) is 4.47. The average Bonchev–Trinajstić information content (AvgIpc) is 2.44. The molecule has 120 valence electrons. The number of rotatable bonds is 9. The average molecular weight is 317 g/mol. The van der Waals surface area contributed by atoms with Gasteiger partial charge in [0.05, 0.1) is 5.75 Å². The molecule has 9 heteroatoms. The van der Waals surface area contributed by atoms with Gasteiger partial charge < -0.3 is 15.4 Å². The van der Waals surface area contributed by atoms with Crippen LogP contribution in [0.2, 0.25) is 0 Å². The fourth-order valence-corrected chi connectivity index (χ4v) is 2.19. The Bertz CT molecular complexity index is 548. The van der Waals surface area contributed by atoms with Crippen LogP contribution in [0, 0.1) is 0 Å². The molecule has 0 amide bonds. The Labute approximate surface area is 126 Å². The molecule has 0 bridgehead atoms. The van der Waals surface area contributed by atoms with Crippen molar-refractivity contribution in [1.82, 2.24) is 14.3 Å². The van der Waals surface area contributed by atoms with Crippen LogP contribution in [0.1, 0.15) is 12.7 Å². The van der Waals surface area contributed by atoms with E-state index in [0.717, 1.165) is 0 Å². The fourth-order valence-electron chi connectivity index (χ4n) is 1.46. The van der Waals surface area contributed by atoms with Gasteiger partial charge in [-0.05, 0) is 6.92 Å². The summed E-state index contributed by atoms with van der Waals surface area (Å²) < 4.78 is 29.8. The molecule has 8 nitrogen and oxygen atoms in total. The van der Waals surface area contributed by atoms with E-state index < -0.39 is 10.0 Å². The van der Waals surface area contributed by atoms with E-state index in [1.165, 1.54) is 18.4 Å². The molecule has 0 radical (unpaired) electrons. The van der Waals surface area contributed by atoms with E-state index in [1.807, 2.05) is 6.92 Å². The predicted molar refractivity (Wildman–Crippen MR) is 82.9 cm³/mol. The third-order valence-corrected chi connectivity index (χ3v) is 4.52. The molecular formula is C12H23N5O3S. The van der Waals surface area contributed by atoms with E-state index in [1.54, 1.807) is 13.1 Å². The summed E-state index contributed by atoms with van der Waals surface area (Å²) in [6.45, 7) is 3.07. The quantitative estimate of drug-likeness (QED) is 0.678. The highest BCUT2D eigenvalue weighted by Gasteiger charge is 2.13. The minimum absolute atomic E-state index is 0.000314. The molecule has 0 aromatic carbocycles. The van der Waals surface area contributed by atoms with Crippen LogP contribution in [-0.2, 0) is 21.4 Å². The Morgan fingerprint density at radius 2 is 1.95 bits per heavy atom. The molecule has 1 heterocycles. The maximum absolute atomic E-state index is 11.7. The van der Waals surface area contributed by atoms with E-state index in [4.69, 9.17) is 4.74 Å². The number of anilines is 2. The van der Waals surface area contributed by atoms with Gasteiger partial charge in [0.25, 0.3) is 0 Å². The summed E-state index contributed by atoms with van der Waals surface area (Å²) in [5, 5.41) is 5.93. The van der Waals surface area contributed by atoms with Crippen molar-refractivity contribution in [2.24, 2.45) is 0 Å². The number of ether oxygens (including phenoxy) is 1. The summed E-state index contributed by atoms with van der Waals surface area (Å²) in [5.74, 6) is 1.76. The van der Waals surface area contributed by atoms with E-state index in [9.17, 15) is 8.42 Å². The monoisotopic (exact) mass is 317 g/mol. The molecule has 0 spiro atoms. The van der Waals surface area contributed by atoms with E-state index >= 15 is 0 Å². The van der Waals surface area contributed by atoms with Gasteiger partial charge in [-0.25, -0.2) is 22.7 Å². The van der Waals surface area contributed by atoms with Gasteiger partial charge in [-0.2, -0.15) is 0 Å². The molecule has 1 aromatic rings. The topological polar surface area (TPSA) is 96.4 Å². The summed E-state index contributed by atoms with van der Waals surface area (Å²) in [6.07, 6.45) is 0. The molecule has 0 saturated heterocycles. The Morgan fingerprint density at radius 3 is 2.52 bits per heavy atom. The standard InChI is InChI=1S/C12H23N5O3S/c1-5-20-9-12-15-10(13-2)8-11(16-12)14-6-7-21(18,19)17(3)4/h8H,5-7,9H2,1-4H3,(H2,13,14,15,16). The van der Waals surface area contributed by atoms with Crippen LogP contribution in [0.15, 0.2) is 6.07 Å². The van der Waals surface area contributed by atoms with Crippen LogP contribution in [0.4, 0.5) is 11.6 Å². The Kier molecular flexibility index (Phi) is 6.79. The lowest BCUT2D eigenvalue weighted by Gasteiger charge is -2.13. The number of aromatic nitrogens is 2. The molecule has 0 atom stereocenters. The van der Waals surface area contributed by atoms with Crippen molar-refractivity contribution in [2.45, 2.75) is 13.5 Å². The van der Waals surface area contributed by atoms with E-state index in [-0.39, 0.29) is 12.3 Å². The maximum atomic E-state index is 11.7. The summed E-state index contributed by atoms with van der Waals surface area (Å²) in [6, 6.07) is 1.72. The van der Waals surface area contributed by atoms with Gasteiger partial charge >= 0.3 is 0 Å². The van der Waals surface area contributed by atoms with Gasteiger partial charge in [-0.15, -0.1) is 0 Å². The van der Waals surface area contributed by atoms with Crippen LogP contribution in [0.5, 0.6) is 0 Å². The second kappa shape index (κ2) is 8.11. The molecule has 1 aromatic heterocycles. The van der Waals surface area contributed by atoms with Crippen LogP contribution in [0.25, 0.3) is 0 Å². The van der Waals surface area contributed by atoms with Crippen molar-refractivity contribution >= 4 is 21.7 Å². The van der Waals surface area contributed by atoms with Gasteiger partial charge in [0.2, 0.25) is 10.0 Å². The first-order valence-corrected chi connectivity index (χ1v) is 8.27. The summed E-state index contributed by atoms with van der Waals surface area (Å²) >= 11 is 0. The Morgan fingerprint density at radius 1 is 1.29 bits per heavy atom. The van der Waals surface area contributed by atoms with E-state index in [2.05, 4.69) is 20.6 Å². The van der Waals surface area contributed by atoms with Gasteiger partial charge in [0.15, 0.2) is 5.82 Å². The fraction of sp³-hybridized carbons (Fsp3) is 0.667. The molecule has 0 unspecified atom stereocenters. The number of sulfonamides is 1. The number of nitrogens with zero attached hydrogens (tertiary/aromatic N) is 3. The van der Waals surface area contributed by atoms with Crippen molar-refractivity contribution in [3.8, 4) is 0 Å². The van der Waals surface area contributed by atoms with Gasteiger partial charge in [0, 0.05) is 40.4 Å². The smallest absolute Gasteiger partial charge is 0.215 e. The molecule has 0 saturated carbocycles. The number of hydrogen-bond acceptors (Lipinski definition) is 7. The Hall–Kier alpha value is -1.45. The van der Waals surface area contributed by atoms with Crippen LogP contribution in [-0.4, -0.2) is 62.7 Å². The van der Waals surface area contributed by atoms with Crippen molar-refractivity contribution in [2.75, 3.05) is 50.7 Å². The molecule has 0 aliphatic heterocycles. The highest BCUT2D eigenvalue weighted by Crippen LogP contribution is 2.11. The van der Waals surface area contributed by atoms with Gasteiger partial charge in [-0.1, -0.05) is 0 Å². The predicted octanol–water partition coefficient (Wildman–Crippen LogP) is 0.358. The molecule has 0 aliphatic rings. The molecule has 0 aliphatic carbocycles. The first kappa shape index (κ1) is 17.6. The minimum atomic E-state index is -3.22. The van der Waals surface area contributed by atoms with Crippen molar-refractivity contribution in [3.05, 3.63) is 11.9 Å². The zero-order valence-corrected chi connectivity index (χ0v) is 13.7. The largest absolute Gasteiger partial charge is 0.374 e. The van der Waals surface area contributed by atoms with Crippen molar-refractivity contribution in [1.29, 1.82) is 0 Å². The molecule has 1 rings (SSSR count). The lowest BCUT2D eigenvalue weighted by atomic mass is 10.4. The minimum Gasteiger partial charge on any atom is -0.374 e. The first-order chi connectivity index (χ1) is 9.89. The summed E-state index contributed by atoms with van der Waals surface area (Å²) in [5.41, 5.74) is 0. The zero-order chi connectivity index (χ0) is 15.9. The maximum Gasteiger partial charge on any atom is 0.215 e. The lowest BCUT2D eigenvalue weighted by molar-refractivity contribution is 0.128. The van der Waals surface area contributed by atoms with Crippen molar-refractivity contribution < 1.29 is 13.2 Å². The van der Waals surface area contributed by atoms with Gasteiger partial charge in [-0.3, -0.25) is 0 Å². The SMILES string of the molecule is CCOCc1nc(NC)cc(NCCS(=O)(=O)N(C)C)n1. The summed E-state index contributed by atoms with van der Waals surface area (Å²) in [4.78, 5) is 8.55. The highest BCUT2D eigenvalue weighted by molar-refractivity contribution is 7.89.